The van der Waals surface area contributed by atoms with Crippen LogP contribution < -0.4 is 21.0 Å². The van der Waals surface area contributed by atoms with Crippen LogP contribution in [-0.4, -0.2) is 32.7 Å². The fourth-order valence-electron chi connectivity index (χ4n) is 1.66. The van der Waals surface area contributed by atoms with E-state index in [0.717, 1.165) is 5.39 Å². The van der Waals surface area contributed by atoms with Gasteiger partial charge in [-0.1, -0.05) is 0 Å². The first kappa shape index (κ1) is 14.1. The van der Waals surface area contributed by atoms with Crippen molar-refractivity contribution >= 4 is 16.9 Å². The number of hydrogen-bond donors (Lipinski definition) is 2. The van der Waals surface area contributed by atoms with Gasteiger partial charge >= 0.3 is 5.63 Å². The lowest BCUT2D eigenvalue weighted by Crippen LogP contribution is -2.33. The van der Waals surface area contributed by atoms with E-state index < -0.39 is 5.63 Å². The van der Waals surface area contributed by atoms with Gasteiger partial charge in [0.25, 0.3) is 5.91 Å². The molecule has 2 rings (SSSR count). The Bertz CT molecular complexity index is 651. The summed E-state index contributed by atoms with van der Waals surface area (Å²) >= 11 is 0. The van der Waals surface area contributed by atoms with Crippen LogP contribution in [0.5, 0.6) is 5.75 Å². The van der Waals surface area contributed by atoms with Gasteiger partial charge in [-0.25, -0.2) is 4.79 Å². The van der Waals surface area contributed by atoms with Crippen LogP contribution in [-0.2, 0) is 4.79 Å². The van der Waals surface area contributed by atoms with Crippen LogP contribution in [0.25, 0.3) is 11.0 Å². The van der Waals surface area contributed by atoms with Crippen molar-refractivity contribution in [2.45, 2.75) is 0 Å². The van der Waals surface area contributed by atoms with Gasteiger partial charge in [-0.3, -0.25) is 4.79 Å². The lowest BCUT2D eigenvalue weighted by Gasteiger charge is -2.07. The van der Waals surface area contributed by atoms with Crippen LogP contribution in [0.2, 0.25) is 0 Å². The molecule has 0 unspecified atom stereocenters. The minimum Gasteiger partial charge on any atom is -0.484 e. The van der Waals surface area contributed by atoms with E-state index >= 15 is 0 Å². The Balaban J connectivity index is 1.96. The van der Waals surface area contributed by atoms with Gasteiger partial charge in [-0.15, -0.1) is 0 Å². The number of rotatable bonds is 6. The topological polar surface area (TPSA) is 80.6 Å². The van der Waals surface area contributed by atoms with E-state index in [4.69, 9.17) is 9.15 Å². The van der Waals surface area contributed by atoms with E-state index in [1.807, 2.05) is 7.05 Å². The molecule has 6 heteroatoms. The van der Waals surface area contributed by atoms with Gasteiger partial charge in [0, 0.05) is 30.6 Å². The Morgan fingerprint density at radius 2 is 2.05 bits per heavy atom. The number of hydrogen-bond acceptors (Lipinski definition) is 5. The van der Waals surface area contributed by atoms with Crippen LogP contribution in [0.4, 0.5) is 0 Å². The molecule has 0 saturated heterocycles. The van der Waals surface area contributed by atoms with Crippen molar-refractivity contribution in [3.8, 4) is 5.75 Å². The summed E-state index contributed by atoms with van der Waals surface area (Å²) in [5.41, 5.74) is 0.0186. The second-order valence-corrected chi connectivity index (χ2v) is 4.20. The zero-order valence-electron chi connectivity index (χ0n) is 11.1. The predicted molar refractivity (Wildman–Crippen MR) is 74.9 cm³/mol. The van der Waals surface area contributed by atoms with Crippen LogP contribution in [0.1, 0.15) is 0 Å². The highest BCUT2D eigenvalue weighted by molar-refractivity contribution is 5.79. The molecule has 0 bridgehead atoms. The fraction of sp³-hybridized carbons (Fsp3) is 0.286. The molecule has 0 aliphatic rings. The molecule has 6 nitrogen and oxygen atoms in total. The molecular weight excluding hydrogens is 260 g/mol. The molecular formula is C14H16N2O4. The summed E-state index contributed by atoms with van der Waals surface area (Å²) in [4.78, 5) is 22.6. The fourth-order valence-corrected chi connectivity index (χ4v) is 1.66. The number of nitrogens with one attached hydrogen (secondary N) is 2. The van der Waals surface area contributed by atoms with Gasteiger partial charge in [0.15, 0.2) is 6.61 Å². The molecule has 0 fully saturated rings. The van der Waals surface area contributed by atoms with Crippen molar-refractivity contribution in [1.29, 1.82) is 0 Å². The summed E-state index contributed by atoms with van der Waals surface area (Å²) in [5.74, 6) is 0.283. The van der Waals surface area contributed by atoms with Gasteiger partial charge in [-0.05, 0) is 25.2 Å². The Kier molecular flexibility index (Phi) is 4.73. The molecule has 1 heterocycles. The Morgan fingerprint density at radius 3 is 2.85 bits per heavy atom. The minimum atomic E-state index is -0.417. The summed E-state index contributed by atoms with van der Waals surface area (Å²) in [6, 6.07) is 8.13. The van der Waals surface area contributed by atoms with Crippen molar-refractivity contribution in [3.05, 3.63) is 40.8 Å². The van der Waals surface area contributed by atoms with Crippen LogP contribution in [0.15, 0.2) is 39.5 Å². The quantitative estimate of drug-likeness (QED) is 0.593. The smallest absolute Gasteiger partial charge is 0.336 e. The van der Waals surface area contributed by atoms with Gasteiger partial charge in [0.1, 0.15) is 11.3 Å². The molecule has 0 saturated carbocycles. The van der Waals surface area contributed by atoms with Crippen LogP contribution in [0, 0.1) is 0 Å². The molecule has 106 valence electrons. The molecule has 2 aromatic rings. The molecule has 0 spiro atoms. The summed E-state index contributed by atoms with van der Waals surface area (Å²) in [5, 5.41) is 6.43. The maximum absolute atomic E-state index is 11.5. The van der Waals surface area contributed by atoms with E-state index in [-0.39, 0.29) is 12.5 Å². The summed E-state index contributed by atoms with van der Waals surface area (Å²) in [6.45, 7) is 1.17. The standard InChI is InChI=1S/C14H16N2O4/c1-15-6-7-16-13(17)9-19-11-4-2-10-3-5-14(18)20-12(10)8-11/h2-5,8,15H,6-7,9H2,1H3,(H,16,17). The third kappa shape index (κ3) is 3.83. The normalized spacial score (nSPS) is 10.4. The molecule has 0 atom stereocenters. The highest BCUT2D eigenvalue weighted by atomic mass is 16.5. The first-order valence-corrected chi connectivity index (χ1v) is 6.27. The predicted octanol–water partition coefficient (Wildman–Crippen LogP) is 0.507. The molecule has 0 aliphatic heterocycles. The third-order valence-corrected chi connectivity index (χ3v) is 2.66. The van der Waals surface area contributed by atoms with Crippen LogP contribution >= 0.6 is 0 Å². The van der Waals surface area contributed by atoms with E-state index in [1.54, 1.807) is 24.3 Å². The summed E-state index contributed by atoms with van der Waals surface area (Å²) in [7, 11) is 1.81. The van der Waals surface area contributed by atoms with Crippen LogP contribution in [0.3, 0.4) is 0 Å². The lowest BCUT2D eigenvalue weighted by atomic mass is 10.2. The second-order valence-electron chi connectivity index (χ2n) is 4.20. The Morgan fingerprint density at radius 1 is 1.25 bits per heavy atom. The van der Waals surface area contributed by atoms with E-state index in [9.17, 15) is 9.59 Å². The second kappa shape index (κ2) is 6.72. The van der Waals surface area contributed by atoms with Crippen molar-refractivity contribution < 1.29 is 13.9 Å². The van der Waals surface area contributed by atoms with Gasteiger partial charge in [0.05, 0.1) is 0 Å². The molecule has 0 aliphatic carbocycles. The first-order chi connectivity index (χ1) is 9.69. The number of fused-ring (bicyclic) bond motifs is 1. The average molecular weight is 276 g/mol. The van der Waals surface area contributed by atoms with Crippen molar-refractivity contribution in [2.75, 3.05) is 26.7 Å². The van der Waals surface area contributed by atoms with Crippen molar-refractivity contribution in [1.82, 2.24) is 10.6 Å². The number of amides is 1. The molecule has 1 aromatic heterocycles. The molecule has 1 aromatic carbocycles. The lowest BCUT2D eigenvalue weighted by molar-refractivity contribution is -0.123. The molecule has 0 radical (unpaired) electrons. The van der Waals surface area contributed by atoms with Gasteiger partial charge in [-0.2, -0.15) is 0 Å². The Hall–Kier alpha value is -2.34. The maximum Gasteiger partial charge on any atom is 0.336 e. The van der Waals surface area contributed by atoms with E-state index in [0.29, 0.717) is 24.4 Å². The zero-order chi connectivity index (χ0) is 14.4. The van der Waals surface area contributed by atoms with E-state index in [2.05, 4.69) is 10.6 Å². The molecule has 20 heavy (non-hydrogen) atoms. The highest BCUT2D eigenvalue weighted by Crippen LogP contribution is 2.19. The van der Waals surface area contributed by atoms with Gasteiger partial charge < -0.3 is 19.8 Å². The van der Waals surface area contributed by atoms with Crippen molar-refractivity contribution in [3.63, 3.8) is 0 Å². The maximum atomic E-state index is 11.5. The third-order valence-electron chi connectivity index (χ3n) is 2.66. The number of ether oxygens (including phenoxy) is 1. The summed E-state index contributed by atoms with van der Waals surface area (Å²) < 4.78 is 10.4. The monoisotopic (exact) mass is 276 g/mol. The average Bonchev–Trinajstić information content (AvgIpc) is 2.45. The number of likely N-dealkylation sites (N-methyl/N-ethyl adjacent to an activating group) is 1. The van der Waals surface area contributed by atoms with E-state index in [1.165, 1.54) is 6.07 Å². The summed E-state index contributed by atoms with van der Waals surface area (Å²) in [6.07, 6.45) is 0. The largest absolute Gasteiger partial charge is 0.484 e. The minimum absolute atomic E-state index is 0.0771. The highest BCUT2D eigenvalue weighted by Gasteiger charge is 2.04. The number of benzene rings is 1. The molecule has 2 N–H and O–H groups in total. The van der Waals surface area contributed by atoms with Gasteiger partial charge in [0.2, 0.25) is 0 Å². The number of carbonyl (C=O) groups is 1. The SMILES string of the molecule is CNCCNC(=O)COc1ccc2ccc(=O)oc2c1. The van der Waals surface area contributed by atoms with Crippen molar-refractivity contribution in [2.24, 2.45) is 0 Å². The molecule has 1 amide bonds. The Labute approximate surface area is 115 Å². The zero-order valence-corrected chi connectivity index (χ0v) is 11.1. The first-order valence-electron chi connectivity index (χ1n) is 6.27. The number of carbonyl (C=O) groups excluding carboxylic acids is 1.